The zero-order chi connectivity index (χ0) is 11.8. The number of nitrogens with zero attached hydrogens (tertiary/aromatic N) is 1. The lowest BCUT2D eigenvalue weighted by Crippen LogP contribution is -2.15. The van der Waals surface area contributed by atoms with Crippen LogP contribution in [0, 0.1) is 0 Å². The van der Waals surface area contributed by atoms with Gasteiger partial charge in [0.25, 0.3) is 0 Å². The Morgan fingerprint density at radius 2 is 1.88 bits per heavy atom. The molecule has 0 amide bonds. The van der Waals surface area contributed by atoms with Gasteiger partial charge in [-0.05, 0) is 12.1 Å². The third-order valence-corrected chi connectivity index (χ3v) is 2.57. The molecule has 5 heteroatoms. The number of benzene rings is 1. The van der Waals surface area contributed by atoms with Crippen molar-refractivity contribution in [3.63, 3.8) is 0 Å². The molecule has 0 fully saturated rings. The molecule has 0 unspecified atom stereocenters. The van der Waals surface area contributed by atoms with E-state index in [1.807, 2.05) is 6.07 Å². The van der Waals surface area contributed by atoms with Crippen LogP contribution in [0.1, 0.15) is 10.5 Å². The fraction of sp³-hybridized carbons (Fsp3) is 0.167. The van der Waals surface area contributed by atoms with Crippen LogP contribution in [0.15, 0.2) is 24.3 Å². The first-order chi connectivity index (χ1) is 8.24. The van der Waals surface area contributed by atoms with Crippen LogP contribution in [0.4, 0.5) is 0 Å². The number of pyridine rings is 1. The van der Waals surface area contributed by atoms with Crippen molar-refractivity contribution < 1.29 is 19.4 Å². The summed E-state index contributed by atoms with van der Waals surface area (Å²) < 4.78 is 10.9. The Kier molecular flexibility index (Phi) is 2.11. The Morgan fingerprint density at radius 1 is 1.18 bits per heavy atom. The predicted molar refractivity (Wildman–Crippen MR) is 59.7 cm³/mol. The maximum atomic E-state index is 10.8. The molecule has 1 aliphatic rings. The molecule has 3 rings (SSSR count). The first-order valence-corrected chi connectivity index (χ1v) is 5.18. The van der Waals surface area contributed by atoms with Gasteiger partial charge in [-0.25, -0.2) is 9.78 Å². The van der Waals surface area contributed by atoms with Crippen LogP contribution in [0.2, 0.25) is 0 Å². The molecule has 0 radical (unpaired) electrons. The first-order valence-electron chi connectivity index (χ1n) is 5.18. The molecule has 5 nitrogen and oxygen atoms in total. The van der Waals surface area contributed by atoms with Crippen molar-refractivity contribution in [3.8, 4) is 11.5 Å². The van der Waals surface area contributed by atoms with E-state index in [9.17, 15) is 4.79 Å². The molecule has 1 aromatic heterocycles. The highest BCUT2D eigenvalue weighted by Crippen LogP contribution is 2.33. The van der Waals surface area contributed by atoms with Gasteiger partial charge in [-0.2, -0.15) is 0 Å². The molecular formula is C12H9NO4. The molecule has 0 saturated carbocycles. The summed E-state index contributed by atoms with van der Waals surface area (Å²) >= 11 is 0. The largest absolute Gasteiger partial charge is 0.486 e. The lowest BCUT2D eigenvalue weighted by molar-refractivity contribution is 0.0691. The standard InChI is InChI=1S/C12H9NO4/c14-12(15)8-2-1-7-5-10-11(6-9(7)13-8)17-4-3-16-10/h1-2,5-6H,3-4H2,(H,14,15). The molecular weight excluding hydrogens is 222 g/mol. The van der Waals surface area contributed by atoms with Crippen LogP contribution in [0.3, 0.4) is 0 Å². The van der Waals surface area contributed by atoms with E-state index in [2.05, 4.69) is 4.98 Å². The summed E-state index contributed by atoms with van der Waals surface area (Å²) in [6.07, 6.45) is 0. The summed E-state index contributed by atoms with van der Waals surface area (Å²) in [7, 11) is 0. The van der Waals surface area contributed by atoms with Gasteiger partial charge in [-0.1, -0.05) is 6.07 Å². The number of carbonyl (C=O) groups is 1. The first kappa shape index (κ1) is 9.89. The summed E-state index contributed by atoms with van der Waals surface area (Å²) in [6.45, 7) is 1.02. The minimum absolute atomic E-state index is 0.0224. The van der Waals surface area contributed by atoms with E-state index in [1.165, 1.54) is 6.07 Å². The lowest BCUT2D eigenvalue weighted by atomic mass is 10.1. The SMILES string of the molecule is O=C(O)c1ccc2cc3c(cc2n1)OCCO3. The van der Waals surface area contributed by atoms with Crippen LogP contribution >= 0.6 is 0 Å². The van der Waals surface area contributed by atoms with Gasteiger partial charge >= 0.3 is 5.97 Å². The summed E-state index contributed by atoms with van der Waals surface area (Å²) in [5.74, 6) is 0.245. The minimum Gasteiger partial charge on any atom is -0.486 e. The van der Waals surface area contributed by atoms with Crippen molar-refractivity contribution in [2.45, 2.75) is 0 Å². The van der Waals surface area contributed by atoms with Gasteiger partial charge < -0.3 is 14.6 Å². The van der Waals surface area contributed by atoms with Crippen LogP contribution in [-0.2, 0) is 0 Å². The number of aromatic nitrogens is 1. The van der Waals surface area contributed by atoms with E-state index in [0.717, 1.165) is 5.39 Å². The summed E-state index contributed by atoms with van der Waals surface area (Å²) in [5, 5.41) is 9.70. The smallest absolute Gasteiger partial charge is 0.354 e. The highest BCUT2D eigenvalue weighted by Gasteiger charge is 2.14. The Balaban J connectivity index is 2.20. The average Bonchev–Trinajstić information content (AvgIpc) is 2.35. The van der Waals surface area contributed by atoms with E-state index in [4.69, 9.17) is 14.6 Å². The molecule has 1 aliphatic heterocycles. The minimum atomic E-state index is -1.04. The van der Waals surface area contributed by atoms with Crippen LogP contribution < -0.4 is 9.47 Å². The normalized spacial score (nSPS) is 13.6. The number of ether oxygens (including phenoxy) is 2. The van der Waals surface area contributed by atoms with Gasteiger partial charge in [-0.3, -0.25) is 0 Å². The third kappa shape index (κ3) is 1.65. The van der Waals surface area contributed by atoms with Crippen molar-refractivity contribution in [2.75, 3.05) is 13.2 Å². The fourth-order valence-electron chi connectivity index (χ4n) is 1.78. The second-order valence-electron chi connectivity index (χ2n) is 3.69. The highest BCUT2D eigenvalue weighted by molar-refractivity contribution is 5.90. The molecule has 0 saturated heterocycles. The Hall–Kier alpha value is -2.30. The Labute approximate surface area is 96.6 Å². The van der Waals surface area contributed by atoms with Gasteiger partial charge in [0.05, 0.1) is 5.52 Å². The molecule has 0 atom stereocenters. The van der Waals surface area contributed by atoms with E-state index in [1.54, 1.807) is 12.1 Å². The van der Waals surface area contributed by atoms with Crippen molar-refractivity contribution in [1.82, 2.24) is 4.98 Å². The van der Waals surface area contributed by atoms with Gasteiger partial charge in [0.15, 0.2) is 11.5 Å². The molecule has 86 valence electrons. The average molecular weight is 231 g/mol. The molecule has 2 aromatic rings. The molecule has 2 heterocycles. The number of carboxylic acid groups (broad SMARTS) is 1. The number of fused-ring (bicyclic) bond motifs is 2. The van der Waals surface area contributed by atoms with Crippen molar-refractivity contribution in [2.24, 2.45) is 0 Å². The second-order valence-corrected chi connectivity index (χ2v) is 3.69. The summed E-state index contributed by atoms with van der Waals surface area (Å²) in [4.78, 5) is 14.9. The molecule has 0 aliphatic carbocycles. The zero-order valence-corrected chi connectivity index (χ0v) is 8.84. The fourth-order valence-corrected chi connectivity index (χ4v) is 1.78. The van der Waals surface area contributed by atoms with Crippen LogP contribution in [0.5, 0.6) is 11.5 Å². The number of carboxylic acids is 1. The lowest BCUT2D eigenvalue weighted by Gasteiger charge is -2.18. The van der Waals surface area contributed by atoms with E-state index >= 15 is 0 Å². The van der Waals surface area contributed by atoms with Gasteiger partial charge in [0.2, 0.25) is 0 Å². The molecule has 0 spiro atoms. The monoisotopic (exact) mass is 231 g/mol. The van der Waals surface area contributed by atoms with Crippen molar-refractivity contribution in [1.29, 1.82) is 0 Å². The van der Waals surface area contributed by atoms with Crippen molar-refractivity contribution >= 4 is 16.9 Å². The van der Waals surface area contributed by atoms with Crippen molar-refractivity contribution in [3.05, 3.63) is 30.0 Å². The maximum Gasteiger partial charge on any atom is 0.354 e. The quantitative estimate of drug-likeness (QED) is 0.809. The number of hydrogen-bond donors (Lipinski definition) is 1. The number of aromatic carboxylic acids is 1. The van der Waals surface area contributed by atoms with E-state index < -0.39 is 5.97 Å². The van der Waals surface area contributed by atoms with Gasteiger partial charge in [0.1, 0.15) is 18.9 Å². The molecule has 0 bridgehead atoms. The van der Waals surface area contributed by atoms with E-state index in [0.29, 0.717) is 30.2 Å². The third-order valence-electron chi connectivity index (χ3n) is 2.57. The van der Waals surface area contributed by atoms with E-state index in [-0.39, 0.29) is 5.69 Å². The summed E-state index contributed by atoms with van der Waals surface area (Å²) in [6, 6.07) is 6.70. The molecule has 1 aromatic carbocycles. The van der Waals surface area contributed by atoms with Crippen LogP contribution in [0.25, 0.3) is 10.9 Å². The second kappa shape index (κ2) is 3.62. The maximum absolute atomic E-state index is 10.8. The number of rotatable bonds is 1. The predicted octanol–water partition coefficient (Wildman–Crippen LogP) is 1.70. The van der Waals surface area contributed by atoms with Gasteiger partial charge in [0, 0.05) is 11.5 Å². The highest BCUT2D eigenvalue weighted by atomic mass is 16.6. The van der Waals surface area contributed by atoms with Crippen LogP contribution in [-0.4, -0.2) is 29.3 Å². The topological polar surface area (TPSA) is 68.7 Å². The van der Waals surface area contributed by atoms with Gasteiger partial charge in [-0.15, -0.1) is 0 Å². The Morgan fingerprint density at radius 3 is 2.59 bits per heavy atom. The molecule has 17 heavy (non-hydrogen) atoms. The number of hydrogen-bond acceptors (Lipinski definition) is 4. The molecule has 1 N–H and O–H groups in total. The Bertz CT molecular complexity index is 609. The summed E-state index contributed by atoms with van der Waals surface area (Å²) in [5.41, 5.74) is 0.614. The zero-order valence-electron chi connectivity index (χ0n) is 8.84.